The van der Waals surface area contributed by atoms with Crippen LogP contribution in [0, 0.1) is 0 Å². The van der Waals surface area contributed by atoms with Gasteiger partial charge in [-0.25, -0.2) is 0 Å². The summed E-state index contributed by atoms with van der Waals surface area (Å²) in [5.41, 5.74) is 8.44. The molecule has 0 spiro atoms. The lowest BCUT2D eigenvalue weighted by atomic mass is 10.1. The Labute approximate surface area is 165 Å². The van der Waals surface area contributed by atoms with Crippen LogP contribution in [0.5, 0.6) is 0 Å². The van der Waals surface area contributed by atoms with E-state index >= 15 is 0 Å². The Hall–Kier alpha value is -2.70. The first kappa shape index (κ1) is 20.0. The van der Waals surface area contributed by atoms with E-state index in [0.717, 1.165) is 25.1 Å². The van der Waals surface area contributed by atoms with Gasteiger partial charge in [0, 0.05) is 38.9 Å². The van der Waals surface area contributed by atoms with Gasteiger partial charge in [0.05, 0.1) is 6.61 Å². The topological polar surface area (TPSA) is 75.9 Å². The highest BCUT2D eigenvalue weighted by atomic mass is 16.5. The Morgan fingerprint density at radius 1 is 1.04 bits per heavy atom. The smallest absolute Gasteiger partial charge is 0.254 e. The fourth-order valence-corrected chi connectivity index (χ4v) is 3.54. The standard InChI is InChI=1S/C22H27N3O3/c1-28-16-18-7-9-19(10-8-18)22(27)25-14-13-24(15-20(25)21(23)26)12-11-17-5-3-2-4-6-17/h2-10,20H,11-16H2,1H3,(H2,23,26). The van der Waals surface area contributed by atoms with E-state index in [4.69, 9.17) is 10.5 Å². The SMILES string of the molecule is COCc1ccc(C(=O)N2CCN(CCc3ccccc3)CC2C(N)=O)cc1. The molecule has 28 heavy (non-hydrogen) atoms. The lowest BCUT2D eigenvalue weighted by Crippen LogP contribution is -2.60. The van der Waals surface area contributed by atoms with E-state index in [1.54, 1.807) is 24.1 Å². The number of primary amides is 1. The van der Waals surface area contributed by atoms with Crippen LogP contribution >= 0.6 is 0 Å². The summed E-state index contributed by atoms with van der Waals surface area (Å²) in [6.07, 6.45) is 0.904. The molecule has 2 N–H and O–H groups in total. The first-order chi connectivity index (χ1) is 13.6. The molecule has 0 aliphatic carbocycles. The summed E-state index contributed by atoms with van der Waals surface area (Å²) in [5.74, 6) is -0.621. The van der Waals surface area contributed by atoms with E-state index in [1.807, 2.05) is 30.3 Å². The van der Waals surface area contributed by atoms with Crippen LogP contribution in [-0.2, 0) is 22.6 Å². The van der Waals surface area contributed by atoms with Crippen molar-refractivity contribution < 1.29 is 14.3 Å². The molecule has 1 aliphatic rings. The van der Waals surface area contributed by atoms with Gasteiger partial charge in [0.1, 0.15) is 6.04 Å². The molecule has 2 aromatic carbocycles. The predicted molar refractivity (Wildman–Crippen MR) is 108 cm³/mol. The Morgan fingerprint density at radius 2 is 1.75 bits per heavy atom. The van der Waals surface area contributed by atoms with Crippen molar-refractivity contribution in [3.05, 3.63) is 71.3 Å². The molecule has 0 bridgehead atoms. The number of carbonyl (C=O) groups excluding carboxylic acids is 2. The summed E-state index contributed by atoms with van der Waals surface area (Å²) in [6, 6.07) is 16.9. The van der Waals surface area contributed by atoms with Gasteiger partial charge in [0.25, 0.3) is 5.91 Å². The van der Waals surface area contributed by atoms with Crippen molar-refractivity contribution in [2.75, 3.05) is 33.3 Å². The highest BCUT2D eigenvalue weighted by Crippen LogP contribution is 2.16. The van der Waals surface area contributed by atoms with Crippen molar-refractivity contribution in [1.29, 1.82) is 0 Å². The molecule has 0 radical (unpaired) electrons. The third kappa shape index (κ3) is 4.97. The molecule has 3 rings (SSSR count). The molecule has 6 heteroatoms. The first-order valence-corrected chi connectivity index (χ1v) is 9.53. The van der Waals surface area contributed by atoms with Gasteiger partial charge < -0.3 is 15.4 Å². The summed E-state index contributed by atoms with van der Waals surface area (Å²) in [4.78, 5) is 28.8. The molecule has 1 heterocycles. The van der Waals surface area contributed by atoms with Gasteiger partial charge in [-0.1, -0.05) is 42.5 Å². The van der Waals surface area contributed by atoms with Crippen LogP contribution in [0.3, 0.4) is 0 Å². The molecule has 1 saturated heterocycles. The Balaban J connectivity index is 1.63. The third-order valence-corrected chi connectivity index (χ3v) is 5.13. The second-order valence-corrected chi connectivity index (χ2v) is 7.08. The molecule has 0 aromatic heterocycles. The number of carbonyl (C=O) groups is 2. The molecule has 1 aliphatic heterocycles. The van der Waals surface area contributed by atoms with Gasteiger partial charge in [0.2, 0.25) is 5.91 Å². The van der Waals surface area contributed by atoms with Crippen molar-refractivity contribution in [3.63, 3.8) is 0 Å². The van der Waals surface area contributed by atoms with Crippen molar-refractivity contribution >= 4 is 11.8 Å². The first-order valence-electron chi connectivity index (χ1n) is 9.53. The zero-order chi connectivity index (χ0) is 19.9. The molecule has 148 valence electrons. The van der Waals surface area contributed by atoms with Crippen LogP contribution in [0.15, 0.2) is 54.6 Å². The third-order valence-electron chi connectivity index (χ3n) is 5.13. The maximum Gasteiger partial charge on any atom is 0.254 e. The number of methoxy groups -OCH3 is 1. The van der Waals surface area contributed by atoms with E-state index in [1.165, 1.54) is 5.56 Å². The molecule has 6 nitrogen and oxygen atoms in total. The molecular weight excluding hydrogens is 354 g/mol. The number of rotatable bonds is 7. The zero-order valence-electron chi connectivity index (χ0n) is 16.2. The van der Waals surface area contributed by atoms with Crippen LogP contribution in [-0.4, -0.2) is 60.9 Å². The average Bonchev–Trinajstić information content (AvgIpc) is 2.73. The van der Waals surface area contributed by atoms with E-state index in [9.17, 15) is 9.59 Å². The quantitative estimate of drug-likeness (QED) is 0.792. The van der Waals surface area contributed by atoms with Crippen molar-refractivity contribution in [2.24, 2.45) is 5.73 Å². The Kier molecular flexibility index (Phi) is 6.79. The minimum atomic E-state index is -0.615. The van der Waals surface area contributed by atoms with E-state index in [2.05, 4.69) is 17.0 Å². The summed E-state index contributed by atoms with van der Waals surface area (Å²) in [5, 5.41) is 0. The fraction of sp³-hybridized carbons (Fsp3) is 0.364. The number of nitrogens with zero attached hydrogens (tertiary/aromatic N) is 2. The summed E-state index contributed by atoms with van der Waals surface area (Å²) in [6.45, 7) is 3.01. The number of hydrogen-bond donors (Lipinski definition) is 1. The minimum absolute atomic E-state index is 0.157. The molecule has 2 amide bonds. The summed E-state index contributed by atoms with van der Waals surface area (Å²) < 4.78 is 5.10. The van der Waals surface area contributed by atoms with Crippen molar-refractivity contribution in [2.45, 2.75) is 19.1 Å². The summed E-state index contributed by atoms with van der Waals surface area (Å²) >= 11 is 0. The number of piperazine rings is 1. The second kappa shape index (κ2) is 9.48. The lowest BCUT2D eigenvalue weighted by Gasteiger charge is -2.40. The minimum Gasteiger partial charge on any atom is -0.380 e. The number of nitrogens with two attached hydrogens (primary N) is 1. The maximum atomic E-state index is 12.9. The van der Waals surface area contributed by atoms with Crippen LogP contribution < -0.4 is 5.73 Å². The normalized spacial score (nSPS) is 17.5. The Morgan fingerprint density at radius 3 is 2.39 bits per heavy atom. The van der Waals surface area contributed by atoms with Crippen LogP contribution in [0.4, 0.5) is 0 Å². The number of hydrogen-bond acceptors (Lipinski definition) is 4. The van der Waals surface area contributed by atoms with Crippen molar-refractivity contribution in [1.82, 2.24) is 9.80 Å². The number of amides is 2. The molecule has 1 fully saturated rings. The monoisotopic (exact) mass is 381 g/mol. The molecular formula is C22H27N3O3. The van der Waals surface area contributed by atoms with Gasteiger partial charge in [-0.15, -0.1) is 0 Å². The predicted octanol–water partition coefficient (Wildman–Crippen LogP) is 1.69. The van der Waals surface area contributed by atoms with E-state index < -0.39 is 11.9 Å². The molecule has 2 aromatic rings. The molecule has 1 atom stereocenters. The van der Waals surface area contributed by atoms with Crippen LogP contribution in [0.2, 0.25) is 0 Å². The lowest BCUT2D eigenvalue weighted by molar-refractivity contribution is -0.124. The maximum absolute atomic E-state index is 12.9. The summed E-state index contributed by atoms with van der Waals surface area (Å²) in [7, 11) is 1.63. The van der Waals surface area contributed by atoms with Crippen LogP contribution in [0.1, 0.15) is 21.5 Å². The number of benzene rings is 2. The number of ether oxygens (including phenoxy) is 1. The largest absolute Gasteiger partial charge is 0.380 e. The second-order valence-electron chi connectivity index (χ2n) is 7.08. The van der Waals surface area contributed by atoms with Crippen LogP contribution in [0.25, 0.3) is 0 Å². The van der Waals surface area contributed by atoms with E-state index in [-0.39, 0.29) is 5.91 Å². The van der Waals surface area contributed by atoms with Gasteiger partial charge in [-0.05, 0) is 29.7 Å². The zero-order valence-corrected chi connectivity index (χ0v) is 16.2. The average molecular weight is 381 g/mol. The highest BCUT2D eigenvalue weighted by Gasteiger charge is 2.34. The molecule has 0 saturated carbocycles. The highest BCUT2D eigenvalue weighted by molar-refractivity contribution is 5.97. The van der Waals surface area contributed by atoms with Gasteiger partial charge in [0.15, 0.2) is 0 Å². The fourth-order valence-electron chi connectivity index (χ4n) is 3.54. The Bertz CT molecular complexity index is 792. The van der Waals surface area contributed by atoms with Gasteiger partial charge in [-0.3, -0.25) is 14.5 Å². The van der Waals surface area contributed by atoms with Gasteiger partial charge >= 0.3 is 0 Å². The molecule has 1 unspecified atom stereocenters. The van der Waals surface area contributed by atoms with Crippen molar-refractivity contribution in [3.8, 4) is 0 Å². The van der Waals surface area contributed by atoms with E-state index in [0.29, 0.717) is 25.3 Å². The van der Waals surface area contributed by atoms with Gasteiger partial charge in [-0.2, -0.15) is 0 Å².